The van der Waals surface area contributed by atoms with E-state index in [2.05, 4.69) is 0 Å². The fourth-order valence-corrected chi connectivity index (χ4v) is 4.74. The van der Waals surface area contributed by atoms with E-state index in [9.17, 15) is 14.3 Å². The van der Waals surface area contributed by atoms with Crippen molar-refractivity contribution in [2.75, 3.05) is 6.79 Å². The molecule has 0 saturated heterocycles. The standard InChI is InChI=1S/C30H27FN2O4/c1-20-29(24-12-5-6-13-27(24)34)25(15-14-22-10-7-11-23(31)16-22)30(35)33(32-20)26(28-18-36-19-37-28)17-21-8-3-2-4-9-21/h2-13,16,18,26,34H,14-15,17,19H2,1H3. The molecule has 1 aliphatic rings. The number of phenolic OH excluding ortho intramolecular Hbond substituents is 1. The molecule has 7 heteroatoms. The lowest BCUT2D eigenvalue weighted by Gasteiger charge is -2.22. The highest BCUT2D eigenvalue weighted by Crippen LogP contribution is 2.34. The Bertz CT molecular complexity index is 1500. The van der Waals surface area contributed by atoms with Crippen LogP contribution in [0.1, 0.15) is 28.4 Å². The van der Waals surface area contributed by atoms with E-state index >= 15 is 0 Å². The Morgan fingerprint density at radius 1 is 1.00 bits per heavy atom. The van der Waals surface area contributed by atoms with Crippen molar-refractivity contribution in [1.82, 2.24) is 9.78 Å². The van der Waals surface area contributed by atoms with Crippen LogP contribution in [0.15, 0.2) is 95.7 Å². The predicted molar refractivity (Wildman–Crippen MR) is 138 cm³/mol. The summed E-state index contributed by atoms with van der Waals surface area (Å²) in [6.45, 7) is 1.90. The van der Waals surface area contributed by atoms with Crippen LogP contribution >= 0.6 is 0 Å². The molecule has 1 aromatic heterocycles. The van der Waals surface area contributed by atoms with Crippen LogP contribution < -0.4 is 5.56 Å². The van der Waals surface area contributed by atoms with Gasteiger partial charge in [-0.2, -0.15) is 5.10 Å². The van der Waals surface area contributed by atoms with Gasteiger partial charge in [-0.05, 0) is 49.1 Å². The number of hydrogen-bond donors (Lipinski definition) is 1. The van der Waals surface area contributed by atoms with Crippen LogP contribution in [0.2, 0.25) is 0 Å². The third-order valence-electron chi connectivity index (χ3n) is 6.50. The van der Waals surface area contributed by atoms with Gasteiger partial charge in [0.25, 0.3) is 5.56 Å². The molecule has 4 aromatic rings. The van der Waals surface area contributed by atoms with Crippen molar-refractivity contribution in [3.63, 3.8) is 0 Å². The minimum absolute atomic E-state index is 0.0626. The lowest BCUT2D eigenvalue weighted by atomic mass is 9.94. The number of allylic oxidation sites excluding steroid dienone is 1. The number of benzene rings is 3. The summed E-state index contributed by atoms with van der Waals surface area (Å²) >= 11 is 0. The summed E-state index contributed by atoms with van der Waals surface area (Å²) in [6.07, 6.45) is 2.79. The molecule has 1 unspecified atom stereocenters. The van der Waals surface area contributed by atoms with E-state index in [-0.39, 0.29) is 23.9 Å². The Morgan fingerprint density at radius 2 is 1.76 bits per heavy atom. The van der Waals surface area contributed by atoms with Crippen LogP contribution in [0.5, 0.6) is 5.75 Å². The zero-order valence-electron chi connectivity index (χ0n) is 20.4. The molecule has 3 aromatic carbocycles. The first-order valence-corrected chi connectivity index (χ1v) is 12.1. The molecule has 0 bridgehead atoms. The van der Waals surface area contributed by atoms with Gasteiger partial charge in [0.2, 0.25) is 6.79 Å². The molecule has 0 aliphatic carbocycles. The molecule has 1 aliphatic heterocycles. The lowest BCUT2D eigenvalue weighted by molar-refractivity contribution is 0.0698. The van der Waals surface area contributed by atoms with Gasteiger partial charge in [0.15, 0.2) is 5.76 Å². The van der Waals surface area contributed by atoms with E-state index in [4.69, 9.17) is 14.6 Å². The molecule has 37 heavy (non-hydrogen) atoms. The average Bonchev–Trinajstić information content (AvgIpc) is 3.44. The zero-order chi connectivity index (χ0) is 25.8. The van der Waals surface area contributed by atoms with Gasteiger partial charge >= 0.3 is 0 Å². The predicted octanol–water partition coefficient (Wildman–Crippen LogP) is 5.48. The second-order valence-electron chi connectivity index (χ2n) is 8.99. The SMILES string of the molecule is Cc1nn(C(Cc2ccccc2)C2=COCO2)c(=O)c(CCc2cccc(F)c2)c1-c1ccccc1O. The van der Waals surface area contributed by atoms with Crippen LogP contribution in [0, 0.1) is 12.7 Å². The number of halogens is 1. The summed E-state index contributed by atoms with van der Waals surface area (Å²) in [5.74, 6) is 0.256. The molecule has 5 rings (SSSR count). The maximum Gasteiger partial charge on any atom is 0.271 e. The third kappa shape index (κ3) is 5.26. The number of ether oxygens (including phenoxy) is 2. The van der Waals surface area contributed by atoms with E-state index in [0.29, 0.717) is 47.4 Å². The fraction of sp³-hybridized carbons (Fsp3) is 0.200. The Hall–Kier alpha value is -4.39. The minimum atomic E-state index is -0.526. The molecule has 6 nitrogen and oxygen atoms in total. The summed E-state index contributed by atoms with van der Waals surface area (Å²) in [5, 5.41) is 15.4. The zero-order valence-corrected chi connectivity index (χ0v) is 20.4. The first-order chi connectivity index (χ1) is 18.0. The van der Waals surface area contributed by atoms with E-state index < -0.39 is 6.04 Å². The number of hydrogen-bond acceptors (Lipinski definition) is 5. The first-order valence-electron chi connectivity index (χ1n) is 12.1. The molecule has 0 fully saturated rings. The Kier molecular flexibility index (Phi) is 7.03. The molecule has 1 atom stereocenters. The summed E-state index contributed by atoms with van der Waals surface area (Å²) in [5.41, 5.74) is 3.71. The van der Waals surface area contributed by atoms with Crippen LogP contribution in [0.4, 0.5) is 4.39 Å². The average molecular weight is 499 g/mol. The van der Waals surface area contributed by atoms with Crippen LogP contribution in [-0.2, 0) is 28.7 Å². The van der Waals surface area contributed by atoms with Crippen molar-refractivity contribution in [1.29, 1.82) is 0 Å². The quantitative estimate of drug-likeness (QED) is 0.348. The van der Waals surface area contributed by atoms with Gasteiger partial charge in [-0.3, -0.25) is 4.79 Å². The number of aromatic hydroxyl groups is 1. The first kappa shape index (κ1) is 24.3. The monoisotopic (exact) mass is 498 g/mol. The highest BCUT2D eigenvalue weighted by molar-refractivity contribution is 5.74. The van der Waals surface area contributed by atoms with Crippen molar-refractivity contribution in [3.05, 3.63) is 129 Å². The third-order valence-corrected chi connectivity index (χ3v) is 6.50. The van der Waals surface area contributed by atoms with Gasteiger partial charge in [0.05, 0.1) is 5.69 Å². The van der Waals surface area contributed by atoms with Crippen LogP contribution in [-0.4, -0.2) is 21.7 Å². The smallest absolute Gasteiger partial charge is 0.271 e. The molecular formula is C30H27FN2O4. The van der Waals surface area contributed by atoms with Gasteiger partial charge < -0.3 is 14.6 Å². The molecule has 0 amide bonds. The van der Waals surface area contributed by atoms with Crippen molar-refractivity contribution in [3.8, 4) is 16.9 Å². The topological polar surface area (TPSA) is 73.6 Å². The summed E-state index contributed by atoms with van der Waals surface area (Å²) in [4.78, 5) is 14.1. The number of aryl methyl sites for hydroxylation is 2. The highest BCUT2D eigenvalue weighted by atomic mass is 19.1. The van der Waals surface area contributed by atoms with Gasteiger partial charge in [0.1, 0.15) is 23.9 Å². The van der Waals surface area contributed by atoms with Gasteiger partial charge in [-0.1, -0.05) is 60.7 Å². The maximum absolute atomic E-state index is 14.1. The normalized spacial score (nSPS) is 13.5. The van der Waals surface area contributed by atoms with Gasteiger partial charge in [-0.25, -0.2) is 9.07 Å². The minimum Gasteiger partial charge on any atom is -0.507 e. The molecule has 188 valence electrons. The molecule has 0 spiro atoms. The van der Waals surface area contributed by atoms with Crippen LogP contribution in [0.25, 0.3) is 11.1 Å². The molecule has 0 radical (unpaired) electrons. The number of aromatic nitrogens is 2. The fourth-order valence-electron chi connectivity index (χ4n) is 4.74. The maximum atomic E-state index is 14.1. The molecule has 0 saturated carbocycles. The number of phenols is 1. The van der Waals surface area contributed by atoms with E-state index in [1.165, 1.54) is 23.1 Å². The summed E-state index contributed by atoms with van der Waals surface area (Å²) in [7, 11) is 0. The largest absolute Gasteiger partial charge is 0.507 e. The number of para-hydroxylation sites is 1. The van der Waals surface area contributed by atoms with E-state index in [1.807, 2.05) is 49.4 Å². The summed E-state index contributed by atoms with van der Waals surface area (Å²) < 4.78 is 26.3. The Labute approximate surface area is 214 Å². The van der Waals surface area contributed by atoms with Crippen LogP contribution in [0.3, 0.4) is 0 Å². The Balaban J connectivity index is 1.65. The molecular weight excluding hydrogens is 471 g/mol. The van der Waals surface area contributed by atoms with Crippen molar-refractivity contribution < 1.29 is 19.0 Å². The second-order valence-corrected chi connectivity index (χ2v) is 8.99. The number of rotatable bonds is 8. The van der Waals surface area contributed by atoms with Gasteiger partial charge in [0, 0.05) is 23.1 Å². The highest BCUT2D eigenvalue weighted by Gasteiger charge is 2.28. The summed E-state index contributed by atoms with van der Waals surface area (Å²) in [6, 6.07) is 22.5. The van der Waals surface area contributed by atoms with Gasteiger partial charge in [-0.15, -0.1) is 0 Å². The molecule has 1 N–H and O–H groups in total. The second kappa shape index (κ2) is 10.7. The van der Waals surface area contributed by atoms with E-state index in [0.717, 1.165) is 11.1 Å². The Morgan fingerprint density at radius 3 is 2.49 bits per heavy atom. The number of nitrogens with zero attached hydrogens (tertiary/aromatic N) is 2. The van der Waals surface area contributed by atoms with Crippen molar-refractivity contribution in [2.45, 2.75) is 32.2 Å². The van der Waals surface area contributed by atoms with E-state index in [1.54, 1.807) is 24.3 Å². The van der Waals surface area contributed by atoms with Crippen molar-refractivity contribution in [2.24, 2.45) is 0 Å². The lowest BCUT2D eigenvalue weighted by Crippen LogP contribution is -2.34. The van der Waals surface area contributed by atoms with Crippen molar-refractivity contribution >= 4 is 0 Å². The molecule has 2 heterocycles.